The number of nitrogens with two attached hydrogens (primary N) is 1. The van der Waals surface area contributed by atoms with Crippen LogP contribution >= 0.6 is 0 Å². The molecule has 5 heterocycles. The van der Waals surface area contributed by atoms with Crippen LogP contribution < -0.4 is 48.3 Å². The number of alkyl halides is 3. The van der Waals surface area contributed by atoms with Crippen molar-refractivity contribution in [3.8, 4) is 0 Å². The number of carbonyl (C=O) groups is 8. The highest BCUT2D eigenvalue weighted by Crippen LogP contribution is 2.18. The van der Waals surface area contributed by atoms with E-state index < -0.39 is 60.0 Å². The van der Waals surface area contributed by atoms with Crippen molar-refractivity contribution < 1.29 is 51.5 Å². The molecule has 394 valence electrons. The van der Waals surface area contributed by atoms with Crippen LogP contribution in [-0.2, 0) is 49.6 Å². The molecule has 0 bridgehead atoms. The number of carbonyl (C=O) groups excluding carboxylic acids is 8. The van der Waals surface area contributed by atoms with Gasteiger partial charge in [-0.05, 0) is 38.1 Å². The maximum absolute atomic E-state index is 13.2. The van der Waals surface area contributed by atoms with E-state index in [1.807, 2.05) is 0 Å². The Morgan fingerprint density at radius 2 is 1.01 bits per heavy atom. The van der Waals surface area contributed by atoms with Gasteiger partial charge in [0.25, 0.3) is 29.5 Å². The number of amides is 8. The van der Waals surface area contributed by atoms with Gasteiger partial charge in [-0.2, -0.15) is 13.2 Å². The molecule has 0 spiro atoms. The van der Waals surface area contributed by atoms with Gasteiger partial charge in [0.05, 0.1) is 17.9 Å². The van der Waals surface area contributed by atoms with Crippen molar-refractivity contribution in [2.45, 2.75) is 38.3 Å². The molecule has 0 saturated heterocycles. The minimum absolute atomic E-state index is 0.0330. The highest BCUT2D eigenvalue weighted by Gasteiger charge is 2.30. The maximum Gasteiger partial charge on any atom is 0.401 e. The first kappa shape index (κ1) is 55.6. The van der Waals surface area contributed by atoms with E-state index in [-0.39, 0.29) is 111 Å². The van der Waals surface area contributed by atoms with Gasteiger partial charge in [0.2, 0.25) is 29.4 Å². The molecule has 5 aromatic heterocycles. The molecule has 73 heavy (non-hydrogen) atoms. The molecule has 10 N–H and O–H groups in total. The fraction of sp³-hybridized carbons (Fsp3) is 0.432. The lowest BCUT2D eigenvalue weighted by Gasteiger charge is -2.23. The number of nitrogens with one attached hydrogen (secondary N) is 8. The molecule has 0 atom stereocenters. The van der Waals surface area contributed by atoms with E-state index in [0.717, 1.165) is 0 Å². The van der Waals surface area contributed by atoms with Gasteiger partial charge in [-0.15, -0.1) is 0 Å². The van der Waals surface area contributed by atoms with E-state index in [1.165, 1.54) is 67.1 Å². The minimum Gasteiger partial charge on any atom is -0.356 e. The Hall–Kier alpha value is -8.34. The topological polar surface area (TPSA) is 325 Å². The van der Waals surface area contributed by atoms with Crippen LogP contribution in [0.1, 0.15) is 84.9 Å². The van der Waals surface area contributed by atoms with Crippen molar-refractivity contribution in [3.05, 3.63) is 78.2 Å². The van der Waals surface area contributed by atoms with E-state index in [0.29, 0.717) is 18.5 Å². The van der Waals surface area contributed by atoms with Crippen LogP contribution in [0.4, 0.5) is 36.2 Å². The first-order valence-electron chi connectivity index (χ1n) is 22.8. The van der Waals surface area contributed by atoms with Gasteiger partial charge in [-0.1, -0.05) is 0 Å². The zero-order valence-corrected chi connectivity index (χ0v) is 40.8. The van der Waals surface area contributed by atoms with Crippen LogP contribution in [0.15, 0.2) is 49.3 Å². The molecule has 0 saturated carbocycles. The van der Waals surface area contributed by atoms with Gasteiger partial charge in [-0.3, -0.25) is 43.3 Å². The Labute approximate surface area is 416 Å². The Kier molecular flexibility index (Phi) is 19.6. The number of hydrogen-bond donors (Lipinski definition) is 9. The standard InChI is InChI=1S/C44H59F3N18O8/c1-60-19-16-50-36(60)42(72)54-27-20-29(61(2)22-27)39(69)51-15-10-35(68)57-32-25-64(5)38(59-32)43(73)55-28-21-30(62(3)23-28)40(70)52-14-9-34(67)56-31-24-63(4)37(58-31)41(71)53-13-8-33(66)49-12-7-18-65(17-6-11-48)26-44(45,46)47/h16,19-25H,6-15,17-18,26,48H2,1-5H3,(H,49,66)(H,51,69)(H,52,70)(H,53,71)(H,54,72)(H,55,73)(H,56,67)(H,57,68). The van der Waals surface area contributed by atoms with Gasteiger partial charge in [0, 0.05) is 124 Å². The SMILES string of the molecule is Cn1cc(NC(=O)c2nc(NC(=O)CCNC(=O)c3cc(NC(=O)c4nccn4C)cn3C)cn2C)cc1C(=O)NCCC(=O)Nc1cn(C)c(C(=O)NCCC(=O)NCCCN(CCCN)CC(F)(F)F)n1. The first-order valence-corrected chi connectivity index (χ1v) is 22.8. The number of rotatable bonds is 26. The Bertz CT molecular complexity index is 2790. The molecule has 8 amide bonds. The Balaban J connectivity index is 0.984. The third kappa shape index (κ3) is 16.9. The van der Waals surface area contributed by atoms with E-state index in [1.54, 1.807) is 45.2 Å². The van der Waals surface area contributed by atoms with Crippen LogP contribution in [-0.4, -0.2) is 148 Å². The Morgan fingerprint density at radius 3 is 1.49 bits per heavy atom. The predicted molar refractivity (Wildman–Crippen MR) is 258 cm³/mol. The van der Waals surface area contributed by atoms with Crippen LogP contribution in [0.25, 0.3) is 0 Å². The molecular weight excluding hydrogens is 966 g/mol. The summed E-state index contributed by atoms with van der Waals surface area (Å²) in [7, 11) is 7.96. The number of imidazole rings is 3. The second-order valence-corrected chi connectivity index (χ2v) is 16.7. The van der Waals surface area contributed by atoms with Crippen LogP contribution in [0.5, 0.6) is 0 Å². The molecule has 29 heteroatoms. The van der Waals surface area contributed by atoms with Gasteiger partial charge >= 0.3 is 6.18 Å². The lowest BCUT2D eigenvalue weighted by Crippen LogP contribution is -2.38. The van der Waals surface area contributed by atoms with Crippen molar-refractivity contribution in [2.24, 2.45) is 41.0 Å². The smallest absolute Gasteiger partial charge is 0.356 e. The molecule has 0 aliphatic heterocycles. The van der Waals surface area contributed by atoms with Crippen molar-refractivity contribution in [1.29, 1.82) is 0 Å². The number of nitrogens with zero attached hydrogens (tertiary/aromatic N) is 9. The number of halogens is 3. The third-order valence-corrected chi connectivity index (χ3v) is 10.7. The van der Waals surface area contributed by atoms with E-state index >= 15 is 0 Å². The number of aryl methyl sites for hydroxylation is 5. The number of hydrogen-bond acceptors (Lipinski definition) is 13. The van der Waals surface area contributed by atoms with Crippen molar-refractivity contribution in [3.63, 3.8) is 0 Å². The average Bonchev–Trinajstić information content (AvgIpc) is 4.15. The molecule has 26 nitrogen and oxygen atoms in total. The van der Waals surface area contributed by atoms with E-state index in [9.17, 15) is 51.5 Å². The monoisotopic (exact) mass is 1020 g/mol. The van der Waals surface area contributed by atoms with Crippen molar-refractivity contribution in [1.82, 2.24) is 64.0 Å². The molecule has 0 radical (unpaired) electrons. The molecular formula is C44H59F3N18O8. The minimum atomic E-state index is -4.35. The van der Waals surface area contributed by atoms with Crippen LogP contribution in [0.3, 0.4) is 0 Å². The zero-order valence-electron chi connectivity index (χ0n) is 40.8. The summed E-state index contributed by atoms with van der Waals surface area (Å²) in [4.78, 5) is 116. The normalized spacial score (nSPS) is 11.3. The number of aromatic nitrogens is 8. The van der Waals surface area contributed by atoms with Crippen molar-refractivity contribution >= 4 is 70.3 Å². The Morgan fingerprint density at radius 1 is 0.548 bits per heavy atom. The van der Waals surface area contributed by atoms with E-state index in [2.05, 4.69) is 57.5 Å². The third-order valence-electron chi connectivity index (χ3n) is 10.7. The summed E-state index contributed by atoms with van der Waals surface area (Å²) in [5, 5.41) is 21.0. The average molecular weight is 1030 g/mol. The summed E-state index contributed by atoms with van der Waals surface area (Å²) in [6, 6.07) is 2.91. The summed E-state index contributed by atoms with van der Waals surface area (Å²) in [6.07, 6.45) is 4.97. The quantitative estimate of drug-likeness (QED) is 0.0340. The summed E-state index contributed by atoms with van der Waals surface area (Å²) in [5.41, 5.74) is 6.43. The molecule has 0 unspecified atom stereocenters. The van der Waals surface area contributed by atoms with Gasteiger partial charge in [0.1, 0.15) is 11.4 Å². The fourth-order valence-corrected chi connectivity index (χ4v) is 7.15. The lowest BCUT2D eigenvalue weighted by molar-refractivity contribution is -0.146. The van der Waals surface area contributed by atoms with Gasteiger partial charge in [-0.25, -0.2) is 15.0 Å². The molecule has 0 aliphatic rings. The summed E-state index contributed by atoms with van der Waals surface area (Å²) in [6.45, 7) is -0.512. The summed E-state index contributed by atoms with van der Waals surface area (Å²) in [5.74, 6) is -3.97. The zero-order chi connectivity index (χ0) is 53.4. The second kappa shape index (κ2) is 25.7. The molecule has 0 aliphatic carbocycles. The van der Waals surface area contributed by atoms with Crippen LogP contribution in [0.2, 0.25) is 0 Å². The summed E-state index contributed by atoms with van der Waals surface area (Å²) >= 11 is 0. The predicted octanol–water partition coefficient (Wildman–Crippen LogP) is 0.425. The largest absolute Gasteiger partial charge is 0.401 e. The molecule has 0 fully saturated rings. The second-order valence-electron chi connectivity index (χ2n) is 16.7. The van der Waals surface area contributed by atoms with E-state index in [4.69, 9.17) is 5.73 Å². The maximum atomic E-state index is 13.2. The lowest BCUT2D eigenvalue weighted by atomic mass is 10.3. The van der Waals surface area contributed by atoms with Gasteiger partial charge in [0.15, 0.2) is 17.5 Å². The first-order chi connectivity index (χ1) is 34.6. The molecule has 5 aromatic rings. The van der Waals surface area contributed by atoms with Crippen molar-refractivity contribution in [2.75, 3.05) is 73.6 Å². The van der Waals surface area contributed by atoms with Gasteiger partial charge < -0.3 is 71.1 Å². The fourth-order valence-electron chi connectivity index (χ4n) is 7.15. The molecule has 5 rings (SSSR count). The van der Waals surface area contributed by atoms with Crippen LogP contribution in [0, 0.1) is 0 Å². The molecule has 0 aromatic carbocycles. The summed E-state index contributed by atoms with van der Waals surface area (Å²) < 4.78 is 45.8. The highest BCUT2D eigenvalue weighted by atomic mass is 19.4. The number of anilines is 4. The highest BCUT2D eigenvalue weighted by molar-refractivity contribution is 6.04.